The number of benzene rings is 3. The van der Waals surface area contributed by atoms with Gasteiger partial charge < -0.3 is 19.5 Å². The van der Waals surface area contributed by atoms with Gasteiger partial charge in [-0.15, -0.1) is 0 Å². The minimum atomic E-state index is -1.11. The van der Waals surface area contributed by atoms with Crippen molar-refractivity contribution in [2.45, 2.75) is 20.0 Å². The summed E-state index contributed by atoms with van der Waals surface area (Å²) in [5.74, 6) is -0.937. The number of aromatic nitrogens is 2. The number of nitrogens with zero attached hydrogens (tertiary/aromatic N) is 2. The summed E-state index contributed by atoms with van der Waals surface area (Å²) < 4.78 is 17.3. The Labute approximate surface area is 220 Å². The third kappa shape index (κ3) is 6.07. The first kappa shape index (κ1) is 26.2. The number of rotatable bonds is 9. The van der Waals surface area contributed by atoms with Crippen molar-refractivity contribution in [3.63, 3.8) is 0 Å². The monoisotopic (exact) mass is 513 g/mol. The third-order valence-corrected chi connectivity index (χ3v) is 5.56. The van der Waals surface area contributed by atoms with Gasteiger partial charge in [-0.1, -0.05) is 42.5 Å². The summed E-state index contributed by atoms with van der Waals surface area (Å²) >= 11 is 0. The summed E-state index contributed by atoms with van der Waals surface area (Å²) in [5.41, 5.74) is 3.16. The van der Waals surface area contributed by atoms with Gasteiger partial charge in [-0.25, -0.2) is 9.48 Å². The molecule has 0 aliphatic rings. The number of amides is 1. The first-order chi connectivity index (χ1) is 18.4. The van der Waals surface area contributed by atoms with Gasteiger partial charge in [-0.05, 0) is 49.4 Å². The molecule has 1 amide bonds. The molecule has 0 saturated heterocycles. The number of hydrogen-bond acceptors (Lipinski definition) is 7. The number of ether oxygens (including phenoxy) is 3. The molecule has 0 radical (unpaired) electrons. The number of nitrogens with one attached hydrogen (secondary N) is 1. The summed E-state index contributed by atoms with van der Waals surface area (Å²) in [6.45, 7) is 3.20. The number of anilines is 1. The molecule has 194 valence electrons. The summed E-state index contributed by atoms with van der Waals surface area (Å²) in [7, 11) is 1.58. The van der Waals surface area contributed by atoms with E-state index in [0.29, 0.717) is 33.9 Å². The molecule has 1 N–H and O–H groups in total. The molecule has 4 aromatic rings. The molecular formula is C29H27N3O6. The Bertz CT molecular complexity index is 1430. The number of esters is 2. The number of methoxy groups -OCH3 is 1. The number of carbonyl (C=O) groups is 3. The van der Waals surface area contributed by atoms with E-state index in [1.165, 1.54) is 6.92 Å². The Balaban J connectivity index is 1.68. The zero-order chi connectivity index (χ0) is 27.1. The lowest BCUT2D eigenvalue weighted by Gasteiger charge is -2.17. The van der Waals surface area contributed by atoms with Crippen molar-refractivity contribution in [2.75, 3.05) is 19.0 Å². The standard InChI is InChI=1S/C29H27N3O6/c1-4-37-29(35)25-18-26(32(31-25)23-13-15-24(36-3)16-14-23)21-11-8-12-22(17-21)30-28(34)27(38-19(2)33)20-9-6-5-7-10-20/h5-18,27H,4H2,1-3H3,(H,30,34)/t27-/m0/s1. The fraction of sp³-hybridized carbons (Fsp3) is 0.172. The second-order valence-electron chi connectivity index (χ2n) is 8.22. The molecule has 0 aliphatic heterocycles. The largest absolute Gasteiger partial charge is 0.497 e. The fourth-order valence-electron chi connectivity index (χ4n) is 3.84. The van der Waals surface area contributed by atoms with Crippen LogP contribution < -0.4 is 10.1 Å². The van der Waals surface area contributed by atoms with Crippen LogP contribution in [0.1, 0.15) is 36.0 Å². The Morgan fingerprint density at radius 3 is 2.34 bits per heavy atom. The van der Waals surface area contributed by atoms with Crippen LogP contribution in [0, 0.1) is 0 Å². The molecule has 1 atom stereocenters. The molecule has 0 saturated carbocycles. The van der Waals surface area contributed by atoms with E-state index in [0.717, 1.165) is 0 Å². The van der Waals surface area contributed by atoms with Crippen molar-refractivity contribution in [1.82, 2.24) is 9.78 Å². The minimum Gasteiger partial charge on any atom is -0.497 e. The fourth-order valence-corrected chi connectivity index (χ4v) is 3.84. The molecule has 3 aromatic carbocycles. The Hall–Kier alpha value is -4.92. The normalized spacial score (nSPS) is 11.3. The average molecular weight is 514 g/mol. The highest BCUT2D eigenvalue weighted by Crippen LogP contribution is 2.28. The topological polar surface area (TPSA) is 109 Å². The van der Waals surface area contributed by atoms with Crippen LogP contribution in [0.4, 0.5) is 5.69 Å². The van der Waals surface area contributed by atoms with Crippen LogP contribution in [0.5, 0.6) is 5.75 Å². The lowest BCUT2D eigenvalue weighted by Crippen LogP contribution is -2.25. The van der Waals surface area contributed by atoms with Crippen LogP contribution in [0.2, 0.25) is 0 Å². The molecule has 0 bridgehead atoms. The van der Waals surface area contributed by atoms with E-state index in [1.54, 1.807) is 79.4 Å². The van der Waals surface area contributed by atoms with Gasteiger partial charge in [0, 0.05) is 23.7 Å². The Kier molecular flexibility index (Phi) is 8.17. The van der Waals surface area contributed by atoms with Crippen LogP contribution in [0.3, 0.4) is 0 Å². The van der Waals surface area contributed by atoms with Crippen LogP contribution >= 0.6 is 0 Å². The lowest BCUT2D eigenvalue weighted by atomic mass is 10.1. The van der Waals surface area contributed by atoms with E-state index in [-0.39, 0.29) is 12.3 Å². The molecule has 0 aliphatic carbocycles. The second kappa shape index (κ2) is 11.9. The van der Waals surface area contributed by atoms with E-state index in [9.17, 15) is 14.4 Å². The lowest BCUT2D eigenvalue weighted by molar-refractivity contribution is -0.152. The SMILES string of the molecule is CCOC(=O)c1cc(-c2cccc(NC(=O)[C@@H](OC(C)=O)c3ccccc3)c2)n(-c2ccc(OC)cc2)n1. The van der Waals surface area contributed by atoms with Crippen molar-refractivity contribution in [3.8, 4) is 22.7 Å². The predicted octanol–water partition coefficient (Wildman–Crippen LogP) is 4.97. The number of hydrogen-bond donors (Lipinski definition) is 1. The summed E-state index contributed by atoms with van der Waals surface area (Å²) in [4.78, 5) is 37.3. The van der Waals surface area contributed by atoms with Gasteiger partial charge >= 0.3 is 11.9 Å². The van der Waals surface area contributed by atoms with Crippen LogP contribution in [0.15, 0.2) is 84.9 Å². The maximum absolute atomic E-state index is 13.1. The summed E-state index contributed by atoms with van der Waals surface area (Å²) in [6, 6.07) is 24.7. The molecular weight excluding hydrogens is 486 g/mol. The van der Waals surface area contributed by atoms with Crippen LogP contribution in [0.25, 0.3) is 16.9 Å². The van der Waals surface area contributed by atoms with Crippen LogP contribution in [-0.4, -0.2) is 41.3 Å². The highest BCUT2D eigenvalue weighted by molar-refractivity contribution is 5.96. The van der Waals surface area contributed by atoms with Crippen molar-refractivity contribution in [2.24, 2.45) is 0 Å². The molecule has 38 heavy (non-hydrogen) atoms. The smallest absolute Gasteiger partial charge is 0.358 e. The molecule has 9 nitrogen and oxygen atoms in total. The van der Waals surface area contributed by atoms with Gasteiger partial charge in [0.05, 0.1) is 25.1 Å². The Morgan fingerprint density at radius 2 is 1.68 bits per heavy atom. The van der Waals surface area contributed by atoms with Gasteiger partial charge in [-0.3, -0.25) is 9.59 Å². The van der Waals surface area contributed by atoms with Gasteiger partial charge in [0.1, 0.15) is 5.75 Å². The van der Waals surface area contributed by atoms with Gasteiger partial charge in [-0.2, -0.15) is 5.10 Å². The van der Waals surface area contributed by atoms with Crippen molar-refractivity contribution in [1.29, 1.82) is 0 Å². The van der Waals surface area contributed by atoms with E-state index < -0.39 is 23.9 Å². The molecule has 4 rings (SSSR count). The predicted molar refractivity (Wildman–Crippen MR) is 141 cm³/mol. The first-order valence-corrected chi connectivity index (χ1v) is 11.9. The van der Waals surface area contributed by atoms with E-state index in [4.69, 9.17) is 14.2 Å². The third-order valence-electron chi connectivity index (χ3n) is 5.56. The average Bonchev–Trinajstić information content (AvgIpc) is 3.38. The molecule has 0 fully saturated rings. The maximum Gasteiger partial charge on any atom is 0.358 e. The second-order valence-corrected chi connectivity index (χ2v) is 8.22. The Morgan fingerprint density at radius 1 is 0.947 bits per heavy atom. The molecule has 0 unspecified atom stereocenters. The zero-order valence-electron chi connectivity index (χ0n) is 21.2. The maximum atomic E-state index is 13.1. The highest BCUT2D eigenvalue weighted by atomic mass is 16.5. The van der Waals surface area contributed by atoms with Crippen molar-refractivity contribution < 1.29 is 28.6 Å². The summed E-state index contributed by atoms with van der Waals surface area (Å²) in [5, 5.41) is 7.30. The molecule has 1 aromatic heterocycles. The van der Waals surface area contributed by atoms with Crippen molar-refractivity contribution >= 4 is 23.5 Å². The zero-order valence-corrected chi connectivity index (χ0v) is 21.2. The van der Waals surface area contributed by atoms with Gasteiger partial charge in [0.15, 0.2) is 5.69 Å². The van der Waals surface area contributed by atoms with Crippen LogP contribution in [-0.2, 0) is 19.1 Å². The molecule has 9 heteroatoms. The first-order valence-electron chi connectivity index (χ1n) is 11.9. The summed E-state index contributed by atoms with van der Waals surface area (Å²) in [6.07, 6.45) is -1.11. The van der Waals surface area contributed by atoms with Gasteiger partial charge in [0.25, 0.3) is 5.91 Å². The van der Waals surface area contributed by atoms with Gasteiger partial charge in [0.2, 0.25) is 6.10 Å². The van der Waals surface area contributed by atoms with E-state index in [2.05, 4.69) is 10.4 Å². The quantitative estimate of drug-likeness (QED) is 0.315. The number of carbonyl (C=O) groups excluding carboxylic acids is 3. The minimum absolute atomic E-state index is 0.145. The molecule has 1 heterocycles. The van der Waals surface area contributed by atoms with E-state index >= 15 is 0 Å². The van der Waals surface area contributed by atoms with E-state index in [1.807, 2.05) is 24.3 Å². The van der Waals surface area contributed by atoms with Crippen molar-refractivity contribution in [3.05, 3.63) is 96.2 Å². The molecule has 0 spiro atoms. The highest BCUT2D eigenvalue weighted by Gasteiger charge is 2.24.